The van der Waals surface area contributed by atoms with Crippen LogP contribution in [0, 0.1) is 55.1 Å². The maximum Gasteiger partial charge on any atom is 0.326 e. The van der Waals surface area contributed by atoms with Crippen LogP contribution in [0.25, 0.3) is 0 Å². The van der Waals surface area contributed by atoms with Crippen molar-refractivity contribution in [1.82, 2.24) is 120 Å². The van der Waals surface area contributed by atoms with Gasteiger partial charge in [0.05, 0.1) is 12.6 Å². The number of rotatable bonds is 62. The van der Waals surface area contributed by atoms with Crippen LogP contribution < -0.4 is 147 Å². The SMILES string of the molecule is CC[C@H](C)[C@H](NC(=O)[C@H](CCCNC(=N)N)NC(=O)[C@@H](N)CCCNC(=N)N)C(=O)N[C@@H](CCCNC(=N)N)C(=O)NCC(=O)N[C@@H](CCCNC(=N)N)C(=O)N1CCC[C@H]1C(=O)N1CCC[C@H]1C(=O)N[C@@H](CCCNC(=N)N)C(=O)N[C@@H](CC(C)C)C(=O)N1CCC[C@H]1C(=O)N[C@@H](CCCNC(=N)N)C(=O)N1CCC[C@H]1C(=O)N[C@@H](CCCNC(=N)N)C(=O)N1CCC[C@H]1C(=O)N[C@@H](CCCNC(=N)N)C(=O)O. The van der Waals surface area contributed by atoms with Crippen LogP contribution in [0.2, 0.25) is 0 Å². The quantitative estimate of drug-likeness (QED) is 0.0153. The molecule has 0 aromatic heterocycles. The monoisotopic (exact) mass is 2040 g/mol. The molecule has 0 aliphatic carbocycles. The van der Waals surface area contributed by atoms with E-state index in [-0.39, 0.29) is 268 Å². The summed E-state index contributed by atoms with van der Waals surface area (Å²) >= 11 is 0. The lowest BCUT2D eigenvalue weighted by atomic mass is 9.96. The lowest BCUT2D eigenvalue weighted by Gasteiger charge is -2.34. The van der Waals surface area contributed by atoms with Crippen molar-refractivity contribution in [2.24, 2.45) is 63.4 Å². The zero-order valence-corrected chi connectivity index (χ0v) is 82.9. The summed E-state index contributed by atoms with van der Waals surface area (Å²) in [4.78, 5) is 238. The number of carboxylic acid groups (broad SMARTS) is 1. The van der Waals surface area contributed by atoms with Crippen LogP contribution in [-0.4, -0.2) is 354 Å². The molecular weight excluding hydrogens is 1880 g/mol. The highest BCUT2D eigenvalue weighted by atomic mass is 16.4. The predicted octanol–water partition coefficient (Wildman–Crippen LogP) is -9.97. The van der Waals surface area contributed by atoms with Gasteiger partial charge in [0.2, 0.25) is 88.6 Å². The Morgan fingerprint density at radius 3 is 0.917 bits per heavy atom. The number of nitrogens with one attached hydrogen (secondary N) is 26. The summed E-state index contributed by atoms with van der Waals surface area (Å²) < 4.78 is 0. The van der Waals surface area contributed by atoms with Gasteiger partial charge in [0, 0.05) is 85.1 Å². The minimum atomic E-state index is -1.42. The van der Waals surface area contributed by atoms with Gasteiger partial charge in [0.15, 0.2) is 47.7 Å². The Kier molecular flexibility index (Phi) is 51.8. The minimum Gasteiger partial charge on any atom is -0.480 e. The number of aliphatic carboxylic acids is 1. The Hall–Kier alpha value is -14.4. The number of hydrogen-bond donors (Lipinski definition) is 36. The van der Waals surface area contributed by atoms with Gasteiger partial charge in [0.1, 0.15) is 84.6 Å². The molecule has 0 bridgehead atoms. The molecule has 16 atom stereocenters. The van der Waals surface area contributed by atoms with Gasteiger partial charge in [-0.1, -0.05) is 34.1 Å². The molecule has 57 nitrogen and oxygen atoms in total. The van der Waals surface area contributed by atoms with Crippen molar-refractivity contribution < 1.29 is 81.8 Å². The van der Waals surface area contributed by atoms with Gasteiger partial charge in [-0.05, 0) is 185 Å². The minimum absolute atomic E-state index is 0.00589. The van der Waals surface area contributed by atoms with E-state index in [9.17, 15) is 57.8 Å². The Bertz CT molecular complexity index is 4450. The largest absolute Gasteiger partial charge is 0.480 e. The van der Waals surface area contributed by atoms with E-state index in [1.165, 1.54) is 24.5 Å². The number of nitrogens with two attached hydrogens (primary N) is 9. The van der Waals surface area contributed by atoms with Crippen LogP contribution >= 0.6 is 0 Å². The van der Waals surface area contributed by atoms with Gasteiger partial charge < -0.3 is 177 Å². The highest BCUT2D eigenvalue weighted by Crippen LogP contribution is 2.30. The molecule has 5 fully saturated rings. The van der Waals surface area contributed by atoms with Crippen molar-refractivity contribution in [2.75, 3.05) is 91.6 Å². The summed E-state index contributed by atoms with van der Waals surface area (Å²) in [6, 6.07) is -19.3. The highest BCUT2D eigenvalue weighted by molar-refractivity contribution is 6.02. The lowest BCUT2D eigenvalue weighted by Crippen LogP contribution is -2.60. The van der Waals surface area contributed by atoms with E-state index in [1.54, 1.807) is 27.7 Å². The van der Waals surface area contributed by atoms with Crippen LogP contribution in [0.15, 0.2) is 0 Å². The first kappa shape index (κ1) is 120. The van der Waals surface area contributed by atoms with Gasteiger partial charge in [-0.15, -0.1) is 0 Å². The Morgan fingerprint density at radius 1 is 0.306 bits per heavy atom. The average molecular weight is 2040 g/mol. The number of nitrogens with zero attached hydrogens (tertiary/aromatic N) is 5. The Morgan fingerprint density at radius 2 is 0.569 bits per heavy atom. The first-order chi connectivity index (χ1) is 68.2. The fourth-order valence-electron chi connectivity index (χ4n) is 17.8. The summed E-state index contributed by atoms with van der Waals surface area (Å²) in [6.45, 7) is 7.19. The first-order valence-electron chi connectivity index (χ1n) is 49.4. The van der Waals surface area contributed by atoms with Gasteiger partial charge >= 0.3 is 5.97 Å². The third kappa shape index (κ3) is 41.3. The van der Waals surface area contributed by atoms with E-state index < -0.39 is 210 Å². The summed E-state index contributed by atoms with van der Waals surface area (Å²) in [5.41, 5.74) is 50.3. The van der Waals surface area contributed by atoms with Crippen molar-refractivity contribution in [1.29, 1.82) is 43.3 Å². The molecule has 0 unspecified atom stereocenters. The number of likely N-dealkylation sites (tertiary alicyclic amines) is 5. The topological polar surface area (TPSA) is 951 Å². The van der Waals surface area contributed by atoms with E-state index in [0.29, 0.717) is 38.5 Å². The van der Waals surface area contributed by atoms with E-state index >= 15 is 24.0 Å². The van der Waals surface area contributed by atoms with Crippen molar-refractivity contribution in [3.63, 3.8) is 0 Å². The van der Waals surface area contributed by atoms with Gasteiger partial charge in [-0.25, -0.2) is 4.79 Å². The highest BCUT2D eigenvalue weighted by Gasteiger charge is 2.48. The van der Waals surface area contributed by atoms with Gasteiger partial charge in [-0.3, -0.25) is 115 Å². The van der Waals surface area contributed by atoms with Crippen LogP contribution in [-0.2, 0) is 76.7 Å². The Labute approximate surface area is 837 Å². The maximum absolute atomic E-state index is 15.2. The standard InChI is InChI=1S/C87H158N40O17/c1-5-48(4)64(122-68(132)52(22-9-35-108-83(95)96)115-65(129)49(88)19-6-32-105-80(89)90)73(137)117-50(20-7-33-106-81(91)92)66(130)113-46-63(128)114-53(23-10-36-109-84(97)98)74(138)127-44-18-31-62(127)78(142)126-43-17-30-61(126)69(133)116-51(21-8-34-107-82(93)94)67(131)121-57(45-47(2)3)77(141)125-42-16-28-59(125)71(135)119-54(24-11-37-110-85(99)100)75(139)123-40-14-27-58(123)70(134)118-55(25-12-38-111-86(101)102)76(140)124-41-15-29-60(124)72(136)120-56(79(143)144)26-13-39-112-87(103)104/h47-62,64H,5-46,88H2,1-4H3,(H,113,130)(H,114,128)(H,115,129)(H,116,133)(H,117,137)(H,118,134)(H,119,135)(H,120,136)(H,121,131)(H,122,132)(H,143,144)(H4,89,90,105)(H4,91,92,106)(H4,93,94,107)(H4,95,96,108)(H4,97,98,109)(H4,99,100,110)(H4,101,102,111)(H4,103,104,112)/t48-,49-,50-,51-,52-,53-,54-,55-,56-,57-,58-,59-,60-,61-,62-,64-/m0/s1. The molecule has 0 saturated carbocycles. The second-order valence-electron chi connectivity index (χ2n) is 37.0. The van der Waals surface area contributed by atoms with Crippen LogP contribution in [0.1, 0.15) is 207 Å². The maximum atomic E-state index is 15.2. The molecule has 5 saturated heterocycles. The smallest absolute Gasteiger partial charge is 0.326 e. The molecular formula is C87H158N40O17. The molecule has 0 aromatic carbocycles. The van der Waals surface area contributed by atoms with E-state index in [2.05, 4.69) is 95.7 Å². The Balaban J connectivity index is 1.34. The molecule has 45 N–H and O–H groups in total. The van der Waals surface area contributed by atoms with Crippen molar-refractivity contribution in [2.45, 2.75) is 298 Å². The van der Waals surface area contributed by atoms with Crippen LogP contribution in [0.3, 0.4) is 0 Å². The molecule has 0 spiro atoms. The molecule has 0 radical (unpaired) electrons. The molecule has 0 aromatic rings. The predicted molar refractivity (Wildman–Crippen MR) is 532 cm³/mol. The zero-order chi connectivity index (χ0) is 107. The summed E-state index contributed by atoms with van der Waals surface area (Å²) in [6.07, 6.45) is 3.41. The zero-order valence-electron chi connectivity index (χ0n) is 82.9. The first-order valence-corrected chi connectivity index (χ1v) is 49.4. The van der Waals surface area contributed by atoms with E-state index in [1.807, 2.05) is 0 Å². The second-order valence-corrected chi connectivity index (χ2v) is 37.0. The third-order valence-corrected chi connectivity index (χ3v) is 25.3. The number of carbonyl (C=O) groups excluding carboxylic acids is 15. The molecule has 5 aliphatic heterocycles. The molecule has 5 heterocycles. The average Bonchev–Trinajstić information content (AvgIpc) is 1.65. The van der Waals surface area contributed by atoms with Crippen molar-refractivity contribution in [3.8, 4) is 0 Å². The van der Waals surface area contributed by atoms with E-state index in [0.717, 1.165) is 0 Å². The number of hydrogen-bond acceptors (Lipinski definition) is 25. The second kappa shape index (κ2) is 62.1. The van der Waals surface area contributed by atoms with Crippen LogP contribution in [0.4, 0.5) is 0 Å². The summed E-state index contributed by atoms with van der Waals surface area (Å²) in [7, 11) is 0. The number of amides is 15. The fourth-order valence-corrected chi connectivity index (χ4v) is 17.8. The van der Waals surface area contributed by atoms with Crippen molar-refractivity contribution in [3.05, 3.63) is 0 Å². The summed E-state index contributed by atoms with van der Waals surface area (Å²) in [5.74, 6) is -16.5. The third-order valence-electron chi connectivity index (χ3n) is 25.3. The molecule has 15 amide bonds. The normalized spacial score (nSPS) is 18.6. The number of carbonyl (C=O) groups is 16. The number of carboxylic acids is 1. The molecule has 5 rings (SSSR count). The summed E-state index contributed by atoms with van der Waals surface area (Å²) in [5, 5.41) is 119. The molecule has 5 aliphatic rings. The molecule has 57 heteroatoms. The van der Waals surface area contributed by atoms with Crippen molar-refractivity contribution >= 4 is 142 Å². The molecule has 808 valence electrons. The van der Waals surface area contributed by atoms with Gasteiger partial charge in [-0.2, -0.15) is 0 Å². The van der Waals surface area contributed by atoms with Crippen LogP contribution in [0.5, 0.6) is 0 Å². The van der Waals surface area contributed by atoms with E-state index in [4.69, 9.17) is 94.9 Å². The van der Waals surface area contributed by atoms with Gasteiger partial charge in [0.25, 0.3) is 0 Å². The molecule has 144 heavy (non-hydrogen) atoms. The number of guanidine groups is 8. The lowest BCUT2D eigenvalue weighted by molar-refractivity contribution is -0.148. The fraction of sp³-hybridized carbons (Fsp3) is 0.724.